The van der Waals surface area contributed by atoms with Gasteiger partial charge in [-0.1, -0.05) is 12.1 Å². The lowest BCUT2D eigenvalue weighted by molar-refractivity contribution is -0.120. The average molecular weight is 254 g/mol. The first-order valence-electron chi connectivity index (χ1n) is 5.98. The highest BCUT2D eigenvalue weighted by Gasteiger charge is 2.42. The Morgan fingerprint density at radius 2 is 2.06 bits per heavy atom. The van der Waals surface area contributed by atoms with E-state index in [1.807, 2.05) is 0 Å². The number of hydrogen-bond acceptors (Lipinski definition) is 2. The molecule has 1 atom stereocenters. The van der Waals surface area contributed by atoms with E-state index in [1.54, 1.807) is 24.3 Å². The van der Waals surface area contributed by atoms with E-state index in [4.69, 9.17) is 5.73 Å². The van der Waals surface area contributed by atoms with Gasteiger partial charge in [-0.05, 0) is 24.1 Å². The SMILES string of the molecule is NCc1ccc(NC(=O)C2CCC(F)(F)C2)cc1. The normalized spacial score (nSPS) is 21.8. The predicted molar refractivity (Wildman–Crippen MR) is 65.3 cm³/mol. The van der Waals surface area contributed by atoms with Crippen LogP contribution in [0.1, 0.15) is 24.8 Å². The fourth-order valence-electron chi connectivity index (χ4n) is 2.14. The summed E-state index contributed by atoms with van der Waals surface area (Å²) in [6.07, 6.45) is -0.295. The van der Waals surface area contributed by atoms with E-state index in [0.29, 0.717) is 12.2 Å². The van der Waals surface area contributed by atoms with Crippen molar-refractivity contribution in [3.8, 4) is 0 Å². The minimum atomic E-state index is -2.69. The summed E-state index contributed by atoms with van der Waals surface area (Å²) in [5.41, 5.74) is 7.04. The predicted octanol–water partition coefficient (Wildman–Crippen LogP) is 2.52. The topological polar surface area (TPSA) is 55.1 Å². The van der Waals surface area contributed by atoms with Crippen molar-refractivity contribution in [1.82, 2.24) is 0 Å². The number of halogens is 2. The van der Waals surface area contributed by atoms with Gasteiger partial charge in [0.2, 0.25) is 11.8 Å². The van der Waals surface area contributed by atoms with Gasteiger partial charge in [-0.2, -0.15) is 0 Å². The molecule has 1 aliphatic carbocycles. The second-order valence-corrected chi connectivity index (χ2v) is 4.69. The van der Waals surface area contributed by atoms with Crippen LogP contribution in [-0.4, -0.2) is 11.8 Å². The summed E-state index contributed by atoms with van der Waals surface area (Å²) in [4.78, 5) is 11.8. The number of benzene rings is 1. The maximum absolute atomic E-state index is 13.0. The highest BCUT2D eigenvalue weighted by atomic mass is 19.3. The van der Waals surface area contributed by atoms with Crippen molar-refractivity contribution in [1.29, 1.82) is 0 Å². The Labute approximate surface area is 104 Å². The fraction of sp³-hybridized carbons (Fsp3) is 0.462. The zero-order valence-electron chi connectivity index (χ0n) is 9.96. The third kappa shape index (κ3) is 3.04. The smallest absolute Gasteiger partial charge is 0.248 e. The molecule has 5 heteroatoms. The maximum atomic E-state index is 13.0. The average Bonchev–Trinajstić information content (AvgIpc) is 2.71. The van der Waals surface area contributed by atoms with Gasteiger partial charge in [-0.15, -0.1) is 0 Å². The van der Waals surface area contributed by atoms with Gasteiger partial charge < -0.3 is 11.1 Å². The summed E-state index contributed by atoms with van der Waals surface area (Å²) in [5.74, 6) is -3.60. The van der Waals surface area contributed by atoms with Crippen LogP contribution in [0.3, 0.4) is 0 Å². The Hall–Kier alpha value is -1.49. The lowest BCUT2D eigenvalue weighted by atomic mass is 10.1. The Kier molecular flexibility index (Phi) is 3.61. The van der Waals surface area contributed by atoms with Crippen LogP contribution >= 0.6 is 0 Å². The zero-order valence-corrected chi connectivity index (χ0v) is 9.96. The molecule has 1 saturated carbocycles. The monoisotopic (exact) mass is 254 g/mol. The molecule has 0 saturated heterocycles. The first kappa shape index (κ1) is 13.0. The minimum absolute atomic E-state index is 0.197. The largest absolute Gasteiger partial charge is 0.326 e. The molecule has 1 aromatic carbocycles. The fourth-order valence-corrected chi connectivity index (χ4v) is 2.14. The van der Waals surface area contributed by atoms with E-state index in [1.165, 1.54) is 0 Å². The molecular formula is C13H16F2N2O. The molecule has 1 aliphatic rings. The molecule has 3 nitrogen and oxygen atoms in total. The minimum Gasteiger partial charge on any atom is -0.326 e. The van der Waals surface area contributed by atoms with Crippen LogP contribution in [0.4, 0.5) is 14.5 Å². The molecular weight excluding hydrogens is 238 g/mol. The van der Waals surface area contributed by atoms with Gasteiger partial charge in [0.15, 0.2) is 0 Å². The van der Waals surface area contributed by atoms with E-state index in [0.717, 1.165) is 5.56 Å². The summed E-state index contributed by atoms with van der Waals surface area (Å²) in [5, 5.41) is 2.66. The zero-order chi connectivity index (χ0) is 13.2. The van der Waals surface area contributed by atoms with E-state index >= 15 is 0 Å². The van der Waals surface area contributed by atoms with E-state index in [9.17, 15) is 13.6 Å². The van der Waals surface area contributed by atoms with Crippen LogP contribution in [0.15, 0.2) is 24.3 Å². The number of nitrogens with one attached hydrogen (secondary N) is 1. The van der Waals surface area contributed by atoms with Crippen LogP contribution in [0.5, 0.6) is 0 Å². The molecule has 1 unspecified atom stereocenters. The maximum Gasteiger partial charge on any atom is 0.248 e. The second kappa shape index (κ2) is 5.02. The molecule has 1 fully saturated rings. The lowest BCUT2D eigenvalue weighted by Gasteiger charge is -2.11. The summed E-state index contributed by atoms with van der Waals surface area (Å²) in [6, 6.07) is 7.07. The number of amides is 1. The standard InChI is InChI=1S/C13H16F2N2O/c14-13(15)6-5-10(7-13)12(18)17-11-3-1-9(8-16)2-4-11/h1-4,10H,5-8,16H2,(H,17,18). The molecule has 0 aromatic heterocycles. The quantitative estimate of drug-likeness (QED) is 0.870. The van der Waals surface area contributed by atoms with Gasteiger partial charge in [0.25, 0.3) is 0 Å². The van der Waals surface area contributed by atoms with Gasteiger partial charge in [-0.3, -0.25) is 4.79 Å². The number of carbonyl (C=O) groups excluding carboxylic acids is 1. The molecule has 98 valence electrons. The molecule has 0 radical (unpaired) electrons. The van der Waals surface area contributed by atoms with Crippen LogP contribution < -0.4 is 11.1 Å². The molecule has 0 spiro atoms. The van der Waals surface area contributed by atoms with Crippen molar-refractivity contribution in [3.05, 3.63) is 29.8 Å². The second-order valence-electron chi connectivity index (χ2n) is 4.69. The highest BCUT2D eigenvalue weighted by Crippen LogP contribution is 2.39. The first-order chi connectivity index (χ1) is 8.50. The summed E-state index contributed by atoms with van der Waals surface area (Å²) >= 11 is 0. The summed E-state index contributed by atoms with van der Waals surface area (Å²) in [7, 11) is 0. The van der Waals surface area contributed by atoms with E-state index in [2.05, 4.69) is 5.32 Å². The van der Waals surface area contributed by atoms with Crippen LogP contribution in [0.25, 0.3) is 0 Å². The Morgan fingerprint density at radius 3 is 2.56 bits per heavy atom. The summed E-state index contributed by atoms with van der Waals surface area (Å²) < 4.78 is 26.0. The number of carbonyl (C=O) groups is 1. The van der Waals surface area contributed by atoms with Gasteiger partial charge in [0.1, 0.15) is 0 Å². The number of alkyl halides is 2. The number of anilines is 1. The van der Waals surface area contributed by atoms with Gasteiger partial charge in [-0.25, -0.2) is 8.78 Å². The van der Waals surface area contributed by atoms with E-state index in [-0.39, 0.29) is 25.2 Å². The van der Waals surface area contributed by atoms with Gasteiger partial charge in [0, 0.05) is 31.0 Å². The lowest BCUT2D eigenvalue weighted by Crippen LogP contribution is -2.22. The van der Waals surface area contributed by atoms with Crippen LogP contribution in [-0.2, 0) is 11.3 Å². The molecule has 1 aromatic rings. The van der Waals surface area contributed by atoms with E-state index < -0.39 is 11.8 Å². The van der Waals surface area contributed by atoms with Crippen molar-refractivity contribution in [3.63, 3.8) is 0 Å². The number of nitrogens with two attached hydrogens (primary N) is 1. The number of hydrogen-bond donors (Lipinski definition) is 2. The van der Waals surface area contributed by atoms with Gasteiger partial charge in [0.05, 0.1) is 0 Å². The Bertz CT molecular complexity index is 431. The Morgan fingerprint density at radius 1 is 1.39 bits per heavy atom. The molecule has 0 aliphatic heterocycles. The van der Waals surface area contributed by atoms with Crippen molar-refractivity contribution in [2.45, 2.75) is 31.7 Å². The van der Waals surface area contributed by atoms with Gasteiger partial charge >= 0.3 is 0 Å². The number of rotatable bonds is 3. The van der Waals surface area contributed by atoms with Crippen molar-refractivity contribution >= 4 is 11.6 Å². The Balaban J connectivity index is 1.95. The van der Waals surface area contributed by atoms with Crippen molar-refractivity contribution in [2.24, 2.45) is 11.7 Å². The molecule has 18 heavy (non-hydrogen) atoms. The van der Waals surface area contributed by atoms with Crippen molar-refractivity contribution in [2.75, 3.05) is 5.32 Å². The van der Waals surface area contributed by atoms with Crippen LogP contribution in [0.2, 0.25) is 0 Å². The molecule has 2 rings (SSSR count). The summed E-state index contributed by atoms with van der Waals surface area (Å²) in [6.45, 7) is 0.434. The molecule has 3 N–H and O–H groups in total. The molecule has 0 bridgehead atoms. The van der Waals surface area contributed by atoms with Crippen LogP contribution in [0, 0.1) is 5.92 Å². The molecule has 0 heterocycles. The molecule has 1 amide bonds. The first-order valence-corrected chi connectivity index (χ1v) is 5.98. The third-order valence-corrected chi connectivity index (χ3v) is 3.23. The third-order valence-electron chi connectivity index (χ3n) is 3.23. The highest BCUT2D eigenvalue weighted by molar-refractivity contribution is 5.92. The van der Waals surface area contributed by atoms with Crippen molar-refractivity contribution < 1.29 is 13.6 Å².